The molecule has 3 aromatic rings. The van der Waals surface area contributed by atoms with Gasteiger partial charge in [0.05, 0.1) is 11.4 Å². The van der Waals surface area contributed by atoms with Crippen LogP contribution in [0.4, 0.5) is 0 Å². The first-order valence-corrected chi connectivity index (χ1v) is 9.18. The van der Waals surface area contributed by atoms with Crippen LogP contribution in [-0.4, -0.2) is 22.2 Å². The number of nitrogens with one attached hydrogen (secondary N) is 1. The summed E-state index contributed by atoms with van der Waals surface area (Å²) < 4.78 is 1.91. The number of hydrogen-bond acceptors (Lipinski definition) is 2. The summed E-state index contributed by atoms with van der Waals surface area (Å²) in [7, 11) is 0. The van der Waals surface area contributed by atoms with E-state index in [-0.39, 0.29) is 11.8 Å². The van der Waals surface area contributed by atoms with Gasteiger partial charge < -0.3 is 5.32 Å². The van der Waals surface area contributed by atoms with Gasteiger partial charge in [-0.3, -0.25) is 4.79 Å². The first kappa shape index (κ1) is 18.6. The fourth-order valence-corrected chi connectivity index (χ4v) is 3.09. The Morgan fingerprint density at radius 1 is 1.07 bits per heavy atom. The van der Waals surface area contributed by atoms with Crippen LogP contribution in [0.1, 0.15) is 35.4 Å². The lowest BCUT2D eigenvalue weighted by molar-refractivity contribution is -0.116. The minimum atomic E-state index is -0.0935. The molecule has 1 amide bonds. The van der Waals surface area contributed by atoms with Gasteiger partial charge in [0.15, 0.2) is 0 Å². The summed E-state index contributed by atoms with van der Waals surface area (Å²) in [4.78, 5) is 12.2. The Morgan fingerprint density at radius 2 is 1.70 bits per heavy atom. The lowest BCUT2D eigenvalue weighted by Crippen LogP contribution is -2.25. The Bertz CT molecular complexity index is 927. The van der Waals surface area contributed by atoms with E-state index in [0.29, 0.717) is 6.54 Å². The molecule has 1 atom stereocenters. The van der Waals surface area contributed by atoms with Gasteiger partial charge >= 0.3 is 0 Å². The summed E-state index contributed by atoms with van der Waals surface area (Å²) >= 11 is 0. The molecule has 3 rings (SSSR count). The Morgan fingerprint density at radius 3 is 2.37 bits per heavy atom. The maximum Gasteiger partial charge on any atom is 0.244 e. The first-order valence-electron chi connectivity index (χ1n) is 9.18. The van der Waals surface area contributed by atoms with Crippen LogP contribution in [0, 0.1) is 13.8 Å². The number of rotatable bonds is 6. The van der Waals surface area contributed by atoms with Gasteiger partial charge in [0.1, 0.15) is 0 Å². The van der Waals surface area contributed by atoms with Crippen LogP contribution in [-0.2, 0) is 4.79 Å². The van der Waals surface area contributed by atoms with E-state index < -0.39 is 0 Å². The SMILES string of the molecule is Cc1nn(-c2ccccc2)c(C)c1/C=C/C(=O)NCC(C)c1ccccc1. The third-order valence-corrected chi connectivity index (χ3v) is 4.70. The van der Waals surface area contributed by atoms with E-state index in [2.05, 4.69) is 29.5 Å². The topological polar surface area (TPSA) is 46.9 Å². The van der Waals surface area contributed by atoms with Gasteiger partial charge in [-0.1, -0.05) is 55.5 Å². The molecule has 0 spiro atoms. The van der Waals surface area contributed by atoms with Crippen LogP contribution in [0.15, 0.2) is 66.7 Å². The summed E-state index contributed by atoms with van der Waals surface area (Å²) in [5.41, 5.74) is 5.13. The molecule has 0 bridgehead atoms. The van der Waals surface area contributed by atoms with E-state index in [4.69, 9.17) is 0 Å². The van der Waals surface area contributed by atoms with Gasteiger partial charge in [-0.25, -0.2) is 4.68 Å². The van der Waals surface area contributed by atoms with Gasteiger partial charge in [0.2, 0.25) is 5.91 Å². The van der Waals surface area contributed by atoms with Crippen molar-refractivity contribution in [2.75, 3.05) is 6.54 Å². The molecule has 138 valence electrons. The molecule has 0 saturated carbocycles. The second-order valence-electron chi connectivity index (χ2n) is 6.72. The molecule has 0 fully saturated rings. The minimum Gasteiger partial charge on any atom is -0.352 e. The number of nitrogens with zero attached hydrogens (tertiary/aromatic N) is 2. The Hall–Kier alpha value is -3.14. The number of carbonyl (C=O) groups is 1. The molecule has 1 aromatic heterocycles. The summed E-state index contributed by atoms with van der Waals surface area (Å²) in [5, 5.41) is 7.58. The molecule has 0 saturated heterocycles. The second kappa shape index (κ2) is 8.49. The third-order valence-electron chi connectivity index (χ3n) is 4.70. The quantitative estimate of drug-likeness (QED) is 0.662. The highest BCUT2D eigenvalue weighted by Crippen LogP contribution is 2.19. The Balaban J connectivity index is 1.65. The molecule has 0 aliphatic rings. The lowest BCUT2D eigenvalue weighted by atomic mass is 10.0. The molecule has 1 unspecified atom stereocenters. The van der Waals surface area contributed by atoms with E-state index >= 15 is 0 Å². The van der Waals surface area contributed by atoms with Crippen molar-refractivity contribution < 1.29 is 4.79 Å². The first-order chi connectivity index (χ1) is 13.1. The summed E-state index contributed by atoms with van der Waals surface area (Å²) in [6.45, 7) is 6.69. The molecule has 2 aromatic carbocycles. The second-order valence-corrected chi connectivity index (χ2v) is 6.72. The molecule has 4 nitrogen and oxygen atoms in total. The predicted octanol–water partition coefficient (Wildman–Crippen LogP) is 4.42. The van der Waals surface area contributed by atoms with Crippen molar-refractivity contribution in [2.24, 2.45) is 0 Å². The fourth-order valence-electron chi connectivity index (χ4n) is 3.09. The fraction of sp³-hybridized carbons (Fsp3) is 0.217. The summed E-state index contributed by atoms with van der Waals surface area (Å²) in [6, 6.07) is 20.2. The zero-order chi connectivity index (χ0) is 19.2. The van der Waals surface area contributed by atoms with Crippen LogP contribution in [0.2, 0.25) is 0 Å². The number of carbonyl (C=O) groups excluding carboxylic acids is 1. The number of aryl methyl sites for hydroxylation is 1. The lowest BCUT2D eigenvalue weighted by Gasteiger charge is -2.11. The number of aromatic nitrogens is 2. The van der Waals surface area contributed by atoms with Crippen molar-refractivity contribution in [2.45, 2.75) is 26.7 Å². The summed E-state index contributed by atoms with van der Waals surface area (Å²) in [6.07, 6.45) is 3.43. The molecular formula is C23H25N3O. The van der Waals surface area contributed by atoms with Crippen molar-refractivity contribution in [1.29, 1.82) is 0 Å². The highest BCUT2D eigenvalue weighted by atomic mass is 16.1. The van der Waals surface area contributed by atoms with Gasteiger partial charge in [0, 0.05) is 23.9 Å². The van der Waals surface area contributed by atoms with E-state index in [1.807, 2.05) is 73.1 Å². The van der Waals surface area contributed by atoms with Crippen molar-refractivity contribution in [3.63, 3.8) is 0 Å². The normalized spacial score (nSPS) is 12.3. The molecule has 1 heterocycles. The van der Waals surface area contributed by atoms with Crippen molar-refractivity contribution >= 4 is 12.0 Å². The molecule has 1 N–H and O–H groups in total. The van der Waals surface area contributed by atoms with Crippen LogP contribution >= 0.6 is 0 Å². The molecule has 0 aliphatic heterocycles. The molecule has 0 aliphatic carbocycles. The molecule has 27 heavy (non-hydrogen) atoms. The minimum absolute atomic E-state index is 0.0935. The van der Waals surface area contributed by atoms with E-state index in [0.717, 1.165) is 22.6 Å². The Labute approximate surface area is 160 Å². The predicted molar refractivity (Wildman–Crippen MR) is 110 cm³/mol. The van der Waals surface area contributed by atoms with E-state index in [1.54, 1.807) is 6.08 Å². The van der Waals surface area contributed by atoms with Crippen LogP contribution < -0.4 is 5.32 Å². The summed E-state index contributed by atoms with van der Waals surface area (Å²) in [5.74, 6) is 0.178. The maximum absolute atomic E-state index is 12.2. The number of para-hydroxylation sites is 1. The van der Waals surface area contributed by atoms with Gasteiger partial charge in [0.25, 0.3) is 0 Å². The van der Waals surface area contributed by atoms with E-state index in [1.165, 1.54) is 5.56 Å². The smallest absolute Gasteiger partial charge is 0.244 e. The van der Waals surface area contributed by atoms with Crippen LogP contribution in [0.3, 0.4) is 0 Å². The zero-order valence-corrected chi connectivity index (χ0v) is 16.0. The largest absolute Gasteiger partial charge is 0.352 e. The number of amides is 1. The van der Waals surface area contributed by atoms with Crippen LogP contribution in [0.25, 0.3) is 11.8 Å². The molecule has 0 radical (unpaired) electrons. The highest BCUT2D eigenvalue weighted by Gasteiger charge is 2.11. The number of hydrogen-bond donors (Lipinski definition) is 1. The zero-order valence-electron chi connectivity index (χ0n) is 16.0. The van der Waals surface area contributed by atoms with Gasteiger partial charge in [-0.05, 0) is 43.5 Å². The van der Waals surface area contributed by atoms with Gasteiger partial charge in [-0.2, -0.15) is 5.10 Å². The van der Waals surface area contributed by atoms with Crippen LogP contribution in [0.5, 0.6) is 0 Å². The average Bonchev–Trinajstić information content (AvgIpc) is 2.99. The Kier molecular flexibility index (Phi) is 5.87. The highest BCUT2D eigenvalue weighted by molar-refractivity contribution is 5.92. The third kappa shape index (κ3) is 4.53. The molecule has 4 heteroatoms. The van der Waals surface area contributed by atoms with Crippen molar-refractivity contribution in [1.82, 2.24) is 15.1 Å². The number of benzene rings is 2. The van der Waals surface area contributed by atoms with Crippen molar-refractivity contribution in [3.8, 4) is 5.69 Å². The molecular weight excluding hydrogens is 334 g/mol. The standard InChI is InChI=1S/C23H25N3O/c1-17(20-10-6-4-7-11-20)16-24-23(27)15-14-22-18(2)25-26(19(22)3)21-12-8-5-9-13-21/h4-15,17H,16H2,1-3H3,(H,24,27)/b15-14+. The maximum atomic E-state index is 12.2. The monoisotopic (exact) mass is 359 g/mol. The van der Waals surface area contributed by atoms with Gasteiger partial charge in [-0.15, -0.1) is 0 Å². The average molecular weight is 359 g/mol. The van der Waals surface area contributed by atoms with E-state index in [9.17, 15) is 4.79 Å². The van der Waals surface area contributed by atoms with Crippen molar-refractivity contribution in [3.05, 3.63) is 89.3 Å².